The van der Waals surface area contributed by atoms with Crippen molar-refractivity contribution in [3.8, 4) is 0 Å². The van der Waals surface area contributed by atoms with Crippen molar-refractivity contribution in [2.45, 2.75) is 27.2 Å². The van der Waals surface area contributed by atoms with Crippen LogP contribution in [0.15, 0.2) is 12.3 Å². The Morgan fingerprint density at radius 3 is 2.85 bits per heavy atom. The van der Waals surface area contributed by atoms with Crippen LogP contribution in [0.4, 0.5) is 10.8 Å². The molecule has 2 heterocycles. The van der Waals surface area contributed by atoms with Crippen molar-refractivity contribution >= 4 is 28.3 Å². The van der Waals surface area contributed by atoms with Gasteiger partial charge in [0.15, 0.2) is 0 Å². The molecule has 0 aromatic carbocycles. The number of carbonyl (C=O) groups is 1. The van der Waals surface area contributed by atoms with E-state index in [4.69, 9.17) is 0 Å². The first kappa shape index (κ1) is 14.4. The van der Waals surface area contributed by atoms with Crippen LogP contribution in [-0.2, 0) is 0 Å². The predicted molar refractivity (Wildman–Crippen MR) is 80.4 cm³/mol. The zero-order valence-corrected chi connectivity index (χ0v) is 12.5. The minimum atomic E-state index is -0.229. The van der Waals surface area contributed by atoms with E-state index >= 15 is 0 Å². The molecule has 2 N–H and O–H groups in total. The van der Waals surface area contributed by atoms with E-state index in [1.807, 2.05) is 13.0 Å². The second-order valence-corrected chi connectivity index (χ2v) is 5.15. The van der Waals surface area contributed by atoms with Crippen molar-refractivity contribution in [1.29, 1.82) is 0 Å². The Labute approximate surface area is 121 Å². The lowest BCUT2D eigenvalue weighted by atomic mass is 10.2. The van der Waals surface area contributed by atoms with Gasteiger partial charge in [0, 0.05) is 30.0 Å². The first-order valence-electron chi connectivity index (χ1n) is 6.42. The normalized spacial score (nSPS) is 10.3. The van der Waals surface area contributed by atoms with Gasteiger partial charge in [0.1, 0.15) is 5.82 Å². The summed E-state index contributed by atoms with van der Waals surface area (Å²) in [4.78, 5) is 20.6. The first-order chi connectivity index (χ1) is 9.60. The minimum Gasteiger partial charge on any atom is -0.384 e. The fraction of sp³-hybridized carbons (Fsp3) is 0.385. The third-order valence-electron chi connectivity index (χ3n) is 2.60. The second kappa shape index (κ2) is 6.42. The summed E-state index contributed by atoms with van der Waals surface area (Å²) in [6, 6.07) is 1.87. The number of rotatable bonds is 5. The molecule has 0 aliphatic carbocycles. The van der Waals surface area contributed by atoms with Gasteiger partial charge >= 0.3 is 0 Å². The van der Waals surface area contributed by atoms with Gasteiger partial charge in [0.2, 0.25) is 5.13 Å². The van der Waals surface area contributed by atoms with Crippen LogP contribution in [0.2, 0.25) is 0 Å². The van der Waals surface area contributed by atoms with Gasteiger partial charge < -0.3 is 5.32 Å². The Bertz CT molecular complexity index is 611. The van der Waals surface area contributed by atoms with E-state index in [2.05, 4.69) is 31.9 Å². The molecule has 2 rings (SSSR count). The van der Waals surface area contributed by atoms with Crippen molar-refractivity contribution in [3.63, 3.8) is 0 Å². The van der Waals surface area contributed by atoms with E-state index in [9.17, 15) is 4.79 Å². The lowest BCUT2D eigenvalue weighted by Gasteiger charge is -2.11. The number of hydrogen-bond donors (Lipinski definition) is 2. The SMILES string of the molecule is CCCNc1cc(C)ncc1C(=O)Nc1nc(C)ns1. The number of aryl methyl sites for hydroxylation is 2. The van der Waals surface area contributed by atoms with Crippen molar-refractivity contribution in [2.24, 2.45) is 0 Å². The molecule has 6 nitrogen and oxygen atoms in total. The van der Waals surface area contributed by atoms with E-state index < -0.39 is 0 Å². The van der Waals surface area contributed by atoms with Gasteiger partial charge in [0.05, 0.1) is 11.3 Å². The van der Waals surface area contributed by atoms with Gasteiger partial charge in [-0.25, -0.2) is 4.98 Å². The number of hydrogen-bond acceptors (Lipinski definition) is 6. The number of nitrogens with one attached hydrogen (secondary N) is 2. The molecule has 0 spiro atoms. The highest BCUT2D eigenvalue weighted by atomic mass is 32.1. The first-order valence-corrected chi connectivity index (χ1v) is 7.19. The molecule has 0 aliphatic rings. The molecule has 2 aromatic heterocycles. The molecule has 20 heavy (non-hydrogen) atoms. The average molecular weight is 291 g/mol. The van der Waals surface area contributed by atoms with Crippen LogP contribution >= 0.6 is 11.5 Å². The molecule has 7 heteroatoms. The van der Waals surface area contributed by atoms with Gasteiger partial charge in [-0.05, 0) is 26.3 Å². The quantitative estimate of drug-likeness (QED) is 0.885. The lowest BCUT2D eigenvalue weighted by Crippen LogP contribution is -2.15. The van der Waals surface area contributed by atoms with E-state index in [0.29, 0.717) is 16.5 Å². The Morgan fingerprint density at radius 2 is 2.20 bits per heavy atom. The number of anilines is 2. The van der Waals surface area contributed by atoms with Crippen molar-refractivity contribution < 1.29 is 4.79 Å². The highest BCUT2D eigenvalue weighted by Gasteiger charge is 2.14. The van der Waals surface area contributed by atoms with Crippen molar-refractivity contribution in [3.05, 3.63) is 29.3 Å². The Hall–Kier alpha value is -2.02. The second-order valence-electron chi connectivity index (χ2n) is 4.40. The monoisotopic (exact) mass is 291 g/mol. The molecule has 2 aromatic rings. The molecular weight excluding hydrogens is 274 g/mol. The number of carbonyl (C=O) groups excluding carboxylic acids is 1. The zero-order chi connectivity index (χ0) is 14.5. The smallest absolute Gasteiger partial charge is 0.261 e. The molecule has 0 radical (unpaired) electrons. The van der Waals surface area contributed by atoms with E-state index in [0.717, 1.165) is 24.3 Å². The summed E-state index contributed by atoms with van der Waals surface area (Å²) in [5.74, 6) is 0.420. The molecule has 0 saturated carbocycles. The third kappa shape index (κ3) is 3.51. The maximum absolute atomic E-state index is 12.3. The minimum absolute atomic E-state index is 0.229. The van der Waals surface area contributed by atoms with Gasteiger partial charge in [-0.3, -0.25) is 15.1 Å². The van der Waals surface area contributed by atoms with Gasteiger partial charge in [-0.15, -0.1) is 0 Å². The van der Waals surface area contributed by atoms with Crippen LogP contribution in [0.5, 0.6) is 0 Å². The van der Waals surface area contributed by atoms with Crippen LogP contribution in [0.25, 0.3) is 0 Å². The van der Waals surface area contributed by atoms with Gasteiger partial charge in [0.25, 0.3) is 5.91 Å². The fourth-order valence-electron chi connectivity index (χ4n) is 1.66. The van der Waals surface area contributed by atoms with Gasteiger partial charge in [-0.1, -0.05) is 6.92 Å². The van der Waals surface area contributed by atoms with Crippen LogP contribution < -0.4 is 10.6 Å². The Kier molecular flexibility index (Phi) is 4.62. The summed E-state index contributed by atoms with van der Waals surface area (Å²) in [5, 5.41) is 6.48. The molecular formula is C13H17N5OS. The summed E-state index contributed by atoms with van der Waals surface area (Å²) >= 11 is 1.17. The molecule has 106 valence electrons. The summed E-state index contributed by atoms with van der Waals surface area (Å²) in [6.07, 6.45) is 2.56. The number of amides is 1. The summed E-state index contributed by atoms with van der Waals surface area (Å²) in [6.45, 7) is 6.56. The largest absolute Gasteiger partial charge is 0.384 e. The van der Waals surface area contributed by atoms with E-state index in [1.165, 1.54) is 11.5 Å². The van der Waals surface area contributed by atoms with Crippen molar-refractivity contribution in [1.82, 2.24) is 14.3 Å². The molecule has 0 unspecified atom stereocenters. The third-order valence-corrected chi connectivity index (χ3v) is 3.32. The Morgan fingerprint density at radius 1 is 1.40 bits per heavy atom. The fourth-order valence-corrected chi connectivity index (χ4v) is 2.23. The molecule has 0 saturated heterocycles. The van der Waals surface area contributed by atoms with Crippen LogP contribution in [0, 0.1) is 13.8 Å². The molecule has 1 amide bonds. The topological polar surface area (TPSA) is 79.8 Å². The predicted octanol–water partition coefficient (Wildman–Crippen LogP) is 2.62. The number of pyridine rings is 1. The average Bonchev–Trinajstić information content (AvgIpc) is 2.81. The van der Waals surface area contributed by atoms with Crippen LogP contribution in [-0.4, -0.2) is 26.8 Å². The summed E-state index contributed by atoms with van der Waals surface area (Å²) in [5.41, 5.74) is 2.17. The number of aromatic nitrogens is 3. The highest BCUT2D eigenvalue weighted by molar-refractivity contribution is 7.09. The van der Waals surface area contributed by atoms with Crippen molar-refractivity contribution in [2.75, 3.05) is 17.2 Å². The highest BCUT2D eigenvalue weighted by Crippen LogP contribution is 2.18. The molecule has 0 bridgehead atoms. The standard InChI is InChI=1S/C13H17N5OS/c1-4-5-14-11-6-8(2)15-7-10(11)12(19)17-13-16-9(3)18-20-13/h6-7H,4-5H2,1-3H3,(H,14,15)(H,16,17,18,19). The summed E-state index contributed by atoms with van der Waals surface area (Å²) in [7, 11) is 0. The molecule has 0 aliphatic heterocycles. The van der Waals surface area contributed by atoms with Gasteiger partial charge in [-0.2, -0.15) is 4.37 Å². The van der Waals surface area contributed by atoms with Crippen LogP contribution in [0.1, 0.15) is 35.2 Å². The maximum Gasteiger partial charge on any atom is 0.261 e. The lowest BCUT2D eigenvalue weighted by molar-refractivity contribution is 0.102. The van der Waals surface area contributed by atoms with E-state index in [-0.39, 0.29) is 5.91 Å². The summed E-state index contributed by atoms with van der Waals surface area (Å²) < 4.78 is 4.03. The Balaban J connectivity index is 2.19. The zero-order valence-electron chi connectivity index (χ0n) is 11.7. The molecule has 0 fully saturated rings. The molecule has 0 atom stereocenters. The number of nitrogens with zero attached hydrogens (tertiary/aromatic N) is 3. The maximum atomic E-state index is 12.3. The van der Waals surface area contributed by atoms with E-state index in [1.54, 1.807) is 13.1 Å². The van der Waals surface area contributed by atoms with Crippen LogP contribution in [0.3, 0.4) is 0 Å².